The first-order chi connectivity index (χ1) is 10.5. The van der Waals surface area contributed by atoms with Crippen LogP contribution in [0.25, 0.3) is 0 Å². The average molecular weight is 314 g/mol. The van der Waals surface area contributed by atoms with Gasteiger partial charge in [0.2, 0.25) is 0 Å². The molecule has 3 rings (SSSR count). The highest BCUT2D eigenvalue weighted by Gasteiger charge is 2.46. The predicted molar refractivity (Wildman–Crippen MR) is 69.7 cm³/mol. The molecule has 0 aromatic heterocycles. The molecule has 0 radical (unpaired) electrons. The first-order valence-corrected chi connectivity index (χ1v) is 7.15. The molecule has 0 saturated carbocycles. The molecular weight excluding hydrogens is 296 g/mol. The Balaban J connectivity index is 1.41. The van der Waals surface area contributed by atoms with E-state index in [-0.39, 0.29) is 18.6 Å². The Kier molecular flexibility index (Phi) is 3.79. The number of hydroxylamine groups is 3. The van der Waals surface area contributed by atoms with Crippen LogP contribution >= 0.6 is 0 Å². The van der Waals surface area contributed by atoms with Crippen LogP contribution in [0, 0.1) is 5.92 Å². The Labute approximate surface area is 126 Å². The van der Waals surface area contributed by atoms with Crippen molar-refractivity contribution in [1.82, 2.24) is 20.3 Å². The fraction of sp³-hybridized carbons (Fsp3) is 0.750. The molecule has 3 aliphatic rings. The molecule has 3 heterocycles. The number of hydrogen-bond donors (Lipinski definition) is 3. The van der Waals surface area contributed by atoms with Crippen molar-refractivity contribution in [1.29, 1.82) is 0 Å². The lowest BCUT2D eigenvalue weighted by Crippen LogP contribution is -2.53. The number of urea groups is 1. The van der Waals surface area contributed by atoms with Crippen LogP contribution in [0.3, 0.4) is 0 Å². The summed E-state index contributed by atoms with van der Waals surface area (Å²) in [4.78, 5) is 42.1. The zero-order valence-electron chi connectivity index (χ0n) is 11.8. The second-order valence-corrected chi connectivity index (χ2v) is 5.86. The standard InChI is InChI=1S/C12H18N4O6/c17-10(13-22-6-7-3-14(4-7)12(19)20)9-2-1-8-5-15(9)11(18)16(8)21/h7-9,21H,1-6H2,(H,13,17)(H,19,20)/t8-,9+/m1/s1. The molecule has 2 bridgehead atoms. The van der Waals surface area contributed by atoms with Crippen LogP contribution in [0.1, 0.15) is 12.8 Å². The SMILES string of the molecule is O=C(NOCC1CN(C(=O)O)C1)[C@@H]1CC[C@@H]2CN1C(=O)N2O. The molecule has 3 N–H and O–H groups in total. The molecule has 0 unspecified atom stereocenters. The van der Waals surface area contributed by atoms with Crippen molar-refractivity contribution in [2.24, 2.45) is 5.92 Å². The van der Waals surface area contributed by atoms with Crippen LogP contribution in [0.5, 0.6) is 0 Å². The Morgan fingerprint density at radius 3 is 2.68 bits per heavy atom. The fourth-order valence-electron chi connectivity index (χ4n) is 3.05. The molecule has 3 saturated heterocycles. The summed E-state index contributed by atoms with van der Waals surface area (Å²) in [5.74, 6) is -0.356. The fourth-order valence-corrected chi connectivity index (χ4v) is 3.05. The van der Waals surface area contributed by atoms with Crippen LogP contribution in [0.2, 0.25) is 0 Å². The number of nitrogens with one attached hydrogen (secondary N) is 1. The molecule has 3 aliphatic heterocycles. The molecule has 3 fully saturated rings. The summed E-state index contributed by atoms with van der Waals surface area (Å²) < 4.78 is 0. The van der Waals surface area contributed by atoms with Crippen LogP contribution in [-0.2, 0) is 9.63 Å². The molecule has 122 valence electrons. The van der Waals surface area contributed by atoms with Gasteiger partial charge in [-0.2, -0.15) is 0 Å². The normalized spacial score (nSPS) is 27.9. The minimum atomic E-state index is -0.960. The number of carboxylic acid groups (broad SMARTS) is 1. The van der Waals surface area contributed by atoms with E-state index in [2.05, 4.69) is 5.48 Å². The molecule has 10 heteroatoms. The number of rotatable bonds is 4. The smallest absolute Gasteiger partial charge is 0.407 e. The summed E-state index contributed by atoms with van der Waals surface area (Å²) >= 11 is 0. The van der Waals surface area contributed by atoms with Gasteiger partial charge in [0.15, 0.2) is 0 Å². The van der Waals surface area contributed by atoms with E-state index < -0.39 is 24.1 Å². The van der Waals surface area contributed by atoms with Crippen LogP contribution in [0.15, 0.2) is 0 Å². The van der Waals surface area contributed by atoms with Crippen molar-refractivity contribution in [3.05, 3.63) is 0 Å². The summed E-state index contributed by atoms with van der Waals surface area (Å²) in [6, 6.07) is -1.44. The van der Waals surface area contributed by atoms with E-state index in [0.29, 0.717) is 37.5 Å². The number of hydrogen-bond acceptors (Lipinski definition) is 5. The predicted octanol–water partition coefficient (Wildman–Crippen LogP) is -0.698. The van der Waals surface area contributed by atoms with Crippen molar-refractivity contribution in [3.8, 4) is 0 Å². The van der Waals surface area contributed by atoms with Gasteiger partial charge in [0.1, 0.15) is 6.04 Å². The van der Waals surface area contributed by atoms with Gasteiger partial charge in [-0.15, -0.1) is 0 Å². The topological polar surface area (TPSA) is 123 Å². The van der Waals surface area contributed by atoms with E-state index >= 15 is 0 Å². The van der Waals surface area contributed by atoms with E-state index in [4.69, 9.17) is 9.94 Å². The highest BCUT2D eigenvalue weighted by atomic mass is 16.7. The minimum absolute atomic E-state index is 0.0634. The molecule has 4 amide bonds. The minimum Gasteiger partial charge on any atom is -0.465 e. The first kappa shape index (κ1) is 14.9. The maximum Gasteiger partial charge on any atom is 0.407 e. The van der Waals surface area contributed by atoms with Gasteiger partial charge in [0, 0.05) is 25.6 Å². The van der Waals surface area contributed by atoms with E-state index in [9.17, 15) is 19.6 Å². The van der Waals surface area contributed by atoms with Gasteiger partial charge in [-0.05, 0) is 12.8 Å². The van der Waals surface area contributed by atoms with Gasteiger partial charge >= 0.3 is 12.1 Å². The van der Waals surface area contributed by atoms with Gasteiger partial charge in [-0.3, -0.25) is 14.8 Å². The maximum atomic E-state index is 12.1. The van der Waals surface area contributed by atoms with Crippen molar-refractivity contribution in [2.75, 3.05) is 26.2 Å². The Hall–Kier alpha value is -2.07. The third kappa shape index (κ3) is 2.55. The summed E-state index contributed by atoms with van der Waals surface area (Å²) in [7, 11) is 0. The molecule has 0 spiro atoms. The number of carbonyl (C=O) groups excluding carboxylic acids is 2. The number of amides is 4. The van der Waals surface area contributed by atoms with E-state index in [1.807, 2.05) is 0 Å². The molecule has 0 aliphatic carbocycles. The number of piperidine rings is 1. The van der Waals surface area contributed by atoms with Gasteiger partial charge in [0.05, 0.1) is 12.6 Å². The number of nitrogens with zero attached hydrogens (tertiary/aromatic N) is 3. The summed E-state index contributed by atoms with van der Waals surface area (Å²) in [6.07, 6.45) is 0.0736. The van der Waals surface area contributed by atoms with E-state index in [1.165, 1.54) is 9.80 Å². The largest absolute Gasteiger partial charge is 0.465 e. The second-order valence-electron chi connectivity index (χ2n) is 5.86. The second kappa shape index (κ2) is 5.61. The van der Waals surface area contributed by atoms with E-state index in [0.717, 1.165) is 0 Å². The highest BCUT2D eigenvalue weighted by Crippen LogP contribution is 2.28. The quantitative estimate of drug-likeness (QED) is 0.466. The summed E-state index contributed by atoms with van der Waals surface area (Å²) in [5.41, 5.74) is 2.31. The van der Waals surface area contributed by atoms with Gasteiger partial charge < -0.3 is 14.9 Å². The lowest BCUT2D eigenvalue weighted by molar-refractivity contribution is -0.141. The zero-order valence-corrected chi connectivity index (χ0v) is 11.8. The number of fused-ring (bicyclic) bond motifs is 2. The van der Waals surface area contributed by atoms with Crippen LogP contribution < -0.4 is 5.48 Å². The molecular formula is C12H18N4O6. The monoisotopic (exact) mass is 314 g/mol. The van der Waals surface area contributed by atoms with Crippen molar-refractivity contribution < 1.29 is 29.5 Å². The Morgan fingerprint density at radius 2 is 2.00 bits per heavy atom. The summed E-state index contributed by atoms with van der Waals surface area (Å²) in [6.45, 7) is 1.34. The first-order valence-electron chi connectivity index (χ1n) is 7.15. The third-order valence-electron chi connectivity index (χ3n) is 4.37. The highest BCUT2D eigenvalue weighted by molar-refractivity contribution is 5.87. The number of likely N-dealkylation sites (tertiary alicyclic amines) is 1. The summed E-state index contributed by atoms with van der Waals surface area (Å²) in [5, 5.41) is 18.9. The lowest BCUT2D eigenvalue weighted by atomic mass is 10.0. The molecule has 10 nitrogen and oxygen atoms in total. The maximum absolute atomic E-state index is 12.1. The van der Waals surface area contributed by atoms with E-state index in [1.54, 1.807) is 0 Å². The van der Waals surface area contributed by atoms with Gasteiger partial charge in [0.25, 0.3) is 5.91 Å². The Bertz CT molecular complexity index is 494. The third-order valence-corrected chi connectivity index (χ3v) is 4.37. The molecule has 0 aromatic rings. The van der Waals surface area contributed by atoms with Gasteiger partial charge in [-0.25, -0.2) is 20.1 Å². The van der Waals surface area contributed by atoms with Crippen molar-refractivity contribution in [3.63, 3.8) is 0 Å². The Morgan fingerprint density at radius 1 is 1.27 bits per heavy atom. The number of carbonyl (C=O) groups is 3. The van der Waals surface area contributed by atoms with Crippen LogP contribution in [-0.4, -0.2) is 81.5 Å². The molecule has 0 aromatic carbocycles. The molecule has 2 atom stereocenters. The average Bonchev–Trinajstić information content (AvgIpc) is 2.66. The zero-order chi connectivity index (χ0) is 15.9. The van der Waals surface area contributed by atoms with Crippen molar-refractivity contribution in [2.45, 2.75) is 24.9 Å². The lowest BCUT2D eigenvalue weighted by Gasteiger charge is -2.36. The van der Waals surface area contributed by atoms with Crippen molar-refractivity contribution >= 4 is 18.0 Å². The van der Waals surface area contributed by atoms with Gasteiger partial charge in [-0.1, -0.05) is 0 Å². The van der Waals surface area contributed by atoms with Crippen LogP contribution in [0.4, 0.5) is 9.59 Å². The molecule has 22 heavy (non-hydrogen) atoms.